The lowest BCUT2D eigenvalue weighted by atomic mass is 9.70. The first-order valence-corrected chi connectivity index (χ1v) is 8.32. The number of carboxylic acid groups (broad SMARTS) is 1. The number of carboxylic acids is 1. The summed E-state index contributed by atoms with van der Waals surface area (Å²) in [5.41, 5.74) is 2.57. The Bertz CT molecular complexity index is 478. The van der Waals surface area contributed by atoms with E-state index in [-0.39, 0.29) is 11.8 Å². The summed E-state index contributed by atoms with van der Waals surface area (Å²) >= 11 is 0. The molecule has 0 radical (unpaired) electrons. The van der Waals surface area contributed by atoms with E-state index < -0.39 is 5.97 Å². The van der Waals surface area contributed by atoms with Crippen LogP contribution in [0.4, 0.5) is 0 Å². The monoisotopic (exact) mass is 288 g/mol. The van der Waals surface area contributed by atoms with E-state index in [1.807, 2.05) is 0 Å². The topological polar surface area (TPSA) is 37.3 Å². The molecule has 0 bridgehead atoms. The number of hydrogen-bond donors (Lipinski definition) is 1. The van der Waals surface area contributed by atoms with Crippen LogP contribution in [0, 0.1) is 17.8 Å². The molecule has 1 aliphatic rings. The van der Waals surface area contributed by atoms with Gasteiger partial charge in [0.1, 0.15) is 0 Å². The normalized spacial score (nSPS) is 26.0. The fourth-order valence-electron chi connectivity index (χ4n) is 3.71. The summed E-state index contributed by atoms with van der Waals surface area (Å²) < 4.78 is 0. The van der Waals surface area contributed by atoms with Crippen molar-refractivity contribution in [2.45, 2.75) is 58.8 Å². The molecule has 0 aliphatic heterocycles. The van der Waals surface area contributed by atoms with Crippen LogP contribution in [0.15, 0.2) is 24.3 Å². The fourth-order valence-corrected chi connectivity index (χ4v) is 3.71. The molecule has 1 aliphatic carbocycles. The average molecular weight is 288 g/mol. The number of rotatable bonds is 5. The first kappa shape index (κ1) is 16.1. The van der Waals surface area contributed by atoms with Crippen LogP contribution in [0.25, 0.3) is 0 Å². The minimum atomic E-state index is -0.621. The van der Waals surface area contributed by atoms with Gasteiger partial charge in [-0.1, -0.05) is 51.5 Å². The Morgan fingerprint density at radius 1 is 1.33 bits per heavy atom. The second-order valence-electron chi connectivity index (χ2n) is 6.98. The van der Waals surface area contributed by atoms with Gasteiger partial charge in [0.2, 0.25) is 0 Å². The maximum atomic E-state index is 11.6. The van der Waals surface area contributed by atoms with Crippen LogP contribution in [0.3, 0.4) is 0 Å². The molecule has 0 heterocycles. The largest absolute Gasteiger partial charge is 0.481 e. The Kier molecular flexibility index (Phi) is 5.44. The van der Waals surface area contributed by atoms with E-state index in [4.69, 9.17) is 0 Å². The molecule has 1 aromatic carbocycles. The van der Waals surface area contributed by atoms with Crippen LogP contribution in [-0.4, -0.2) is 11.1 Å². The quantitative estimate of drug-likeness (QED) is 0.838. The summed E-state index contributed by atoms with van der Waals surface area (Å²) in [5.74, 6) is 0.670. The van der Waals surface area contributed by atoms with Crippen LogP contribution >= 0.6 is 0 Å². The van der Waals surface area contributed by atoms with Gasteiger partial charge in [-0.3, -0.25) is 4.79 Å². The average Bonchev–Trinajstić information content (AvgIpc) is 2.46. The third kappa shape index (κ3) is 4.09. The molecule has 1 aromatic rings. The van der Waals surface area contributed by atoms with E-state index in [0.29, 0.717) is 11.8 Å². The van der Waals surface area contributed by atoms with Crippen LogP contribution in [0.2, 0.25) is 0 Å². The maximum absolute atomic E-state index is 11.6. The van der Waals surface area contributed by atoms with Crippen LogP contribution in [0.5, 0.6) is 0 Å². The second kappa shape index (κ2) is 7.11. The first-order chi connectivity index (χ1) is 10.0. The lowest BCUT2D eigenvalue weighted by Gasteiger charge is -2.34. The van der Waals surface area contributed by atoms with Gasteiger partial charge >= 0.3 is 5.97 Å². The van der Waals surface area contributed by atoms with Gasteiger partial charge < -0.3 is 5.11 Å². The Morgan fingerprint density at radius 3 is 2.71 bits per heavy atom. The summed E-state index contributed by atoms with van der Waals surface area (Å²) in [6.45, 7) is 6.67. The Hall–Kier alpha value is -1.31. The van der Waals surface area contributed by atoms with Gasteiger partial charge in [-0.2, -0.15) is 0 Å². The highest BCUT2D eigenvalue weighted by atomic mass is 16.4. The molecule has 0 aromatic heterocycles. The van der Waals surface area contributed by atoms with Gasteiger partial charge in [0.25, 0.3) is 0 Å². The summed E-state index contributed by atoms with van der Waals surface area (Å²) in [6, 6.07) is 8.64. The highest BCUT2D eigenvalue weighted by molar-refractivity contribution is 5.71. The van der Waals surface area contributed by atoms with Gasteiger partial charge in [-0.25, -0.2) is 0 Å². The molecule has 116 valence electrons. The molecule has 0 saturated heterocycles. The predicted molar refractivity (Wildman–Crippen MR) is 86.5 cm³/mol. The SMILES string of the molecule is CCC1CCC(C(=O)O)C(c2cccc(CC(C)C)c2)C1. The lowest BCUT2D eigenvalue weighted by molar-refractivity contribution is -0.143. The highest BCUT2D eigenvalue weighted by Gasteiger charge is 2.35. The van der Waals surface area contributed by atoms with Crippen molar-refractivity contribution in [2.24, 2.45) is 17.8 Å². The van der Waals surface area contributed by atoms with E-state index in [2.05, 4.69) is 45.0 Å². The number of hydrogen-bond acceptors (Lipinski definition) is 1. The molecule has 2 rings (SSSR count). The van der Waals surface area contributed by atoms with Crippen LogP contribution < -0.4 is 0 Å². The van der Waals surface area contributed by atoms with E-state index in [1.54, 1.807) is 0 Å². The van der Waals surface area contributed by atoms with Crippen molar-refractivity contribution < 1.29 is 9.90 Å². The molecular weight excluding hydrogens is 260 g/mol. The number of benzene rings is 1. The Morgan fingerprint density at radius 2 is 2.10 bits per heavy atom. The Balaban J connectivity index is 2.24. The van der Waals surface area contributed by atoms with Crippen molar-refractivity contribution in [2.75, 3.05) is 0 Å². The smallest absolute Gasteiger partial charge is 0.307 e. The molecule has 0 spiro atoms. The zero-order chi connectivity index (χ0) is 15.4. The van der Waals surface area contributed by atoms with E-state index >= 15 is 0 Å². The molecule has 0 amide bonds. The van der Waals surface area contributed by atoms with Gasteiger partial charge in [-0.05, 0) is 54.6 Å². The molecule has 3 atom stereocenters. The molecule has 21 heavy (non-hydrogen) atoms. The molecular formula is C19H28O2. The molecule has 3 unspecified atom stereocenters. The maximum Gasteiger partial charge on any atom is 0.307 e. The van der Waals surface area contributed by atoms with E-state index in [0.717, 1.165) is 32.1 Å². The zero-order valence-corrected chi connectivity index (χ0v) is 13.5. The summed E-state index contributed by atoms with van der Waals surface area (Å²) in [5, 5.41) is 9.54. The van der Waals surface area contributed by atoms with Gasteiger partial charge in [0.15, 0.2) is 0 Å². The third-order valence-electron chi connectivity index (χ3n) is 4.88. The van der Waals surface area contributed by atoms with Crippen molar-refractivity contribution in [1.29, 1.82) is 0 Å². The minimum absolute atomic E-state index is 0.188. The molecule has 2 nitrogen and oxygen atoms in total. The standard InChI is InChI=1S/C19H28O2/c1-4-14-8-9-17(19(20)21)18(12-14)16-7-5-6-15(11-16)10-13(2)3/h5-7,11,13-14,17-18H,4,8-10,12H2,1-3H3,(H,20,21). The summed E-state index contributed by atoms with van der Waals surface area (Å²) in [6.07, 6.45) is 5.14. The predicted octanol–water partition coefficient (Wildman–Crippen LogP) is 4.88. The third-order valence-corrected chi connectivity index (χ3v) is 4.88. The summed E-state index contributed by atoms with van der Waals surface area (Å²) in [7, 11) is 0. The first-order valence-electron chi connectivity index (χ1n) is 8.32. The van der Waals surface area contributed by atoms with Crippen LogP contribution in [0.1, 0.15) is 63.5 Å². The highest BCUT2D eigenvalue weighted by Crippen LogP contribution is 2.42. The van der Waals surface area contributed by atoms with Crippen molar-refractivity contribution in [3.8, 4) is 0 Å². The van der Waals surface area contributed by atoms with Gasteiger partial charge in [0.05, 0.1) is 5.92 Å². The van der Waals surface area contributed by atoms with Gasteiger partial charge in [-0.15, -0.1) is 0 Å². The molecule has 1 saturated carbocycles. The van der Waals surface area contributed by atoms with Crippen LogP contribution in [-0.2, 0) is 11.2 Å². The van der Waals surface area contributed by atoms with Crippen molar-refractivity contribution in [3.63, 3.8) is 0 Å². The lowest BCUT2D eigenvalue weighted by Crippen LogP contribution is -2.29. The minimum Gasteiger partial charge on any atom is -0.481 e. The molecule has 2 heteroatoms. The molecule has 1 N–H and O–H groups in total. The van der Waals surface area contributed by atoms with E-state index in [9.17, 15) is 9.90 Å². The number of carbonyl (C=O) groups is 1. The van der Waals surface area contributed by atoms with E-state index in [1.165, 1.54) is 11.1 Å². The van der Waals surface area contributed by atoms with Crippen molar-refractivity contribution >= 4 is 5.97 Å². The second-order valence-corrected chi connectivity index (χ2v) is 6.98. The van der Waals surface area contributed by atoms with Crippen molar-refractivity contribution in [1.82, 2.24) is 0 Å². The zero-order valence-electron chi connectivity index (χ0n) is 13.5. The number of aliphatic carboxylic acids is 1. The molecule has 1 fully saturated rings. The van der Waals surface area contributed by atoms with Crippen molar-refractivity contribution in [3.05, 3.63) is 35.4 Å². The Labute approximate surface area is 128 Å². The van der Waals surface area contributed by atoms with Gasteiger partial charge in [0, 0.05) is 0 Å². The fraction of sp³-hybridized carbons (Fsp3) is 0.632. The summed E-state index contributed by atoms with van der Waals surface area (Å²) in [4.78, 5) is 11.6.